The van der Waals surface area contributed by atoms with Gasteiger partial charge < -0.3 is 9.84 Å². The van der Waals surface area contributed by atoms with Crippen molar-refractivity contribution in [1.82, 2.24) is 0 Å². The Hall–Kier alpha value is -1.16. The molecular formula is C15H20O4. The number of carbonyl (C=O) groups excluding carboxylic acids is 2. The molecule has 0 unspecified atom stereocenters. The van der Waals surface area contributed by atoms with E-state index in [4.69, 9.17) is 4.74 Å². The third kappa shape index (κ3) is 1.33. The van der Waals surface area contributed by atoms with Crippen molar-refractivity contribution in [2.75, 3.05) is 0 Å². The molecule has 1 heterocycles. The second-order valence-electron chi connectivity index (χ2n) is 6.49. The number of ether oxygens (including phenoxy) is 1. The molecule has 2 saturated carbocycles. The molecule has 3 fully saturated rings. The van der Waals surface area contributed by atoms with Crippen LogP contribution in [0.5, 0.6) is 0 Å². The average molecular weight is 264 g/mol. The highest BCUT2D eigenvalue weighted by Gasteiger charge is 2.68. The standard InChI is InChI=1S/C15H20O4/c1-8-4-5-10-9(2)13(17)19-12(10)14(3)11(16)6-7-15(8,14)18/h8,10,12,18H,2,4-7H2,1,3H3/t8-,10+,12+,14+,15-/m0/s1. The minimum Gasteiger partial charge on any atom is -0.457 e. The van der Waals surface area contributed by atoms with E-state index in [9.17, 15) is 14.7 Å². The van der Waals surface area contributed by atoms with Gasteiger partial charge >= 0.3 is 5.97 Å². The Morgan fingerprint density at radius 3 is 2.74 bits per heavy atom. The zero-order valence-corrected chi connectivity index (χ0v) is 11.4. The highest BCUT2D eigenvalue weighted by atomic mass is 16.6. The van der Waals surface area contributed by atoms with E-state index in [0.29, 0.717) is 18.4 Å². The molecule has 3 aliphatic rings. The van der Waals surface area contributed by atoms with Crippen molar-refractivity contribution in [2.45, 2.75) is 51.2 Å². The Kier molecular flexibility index (Phi) is 2.50. The van der Waals surface area contributed by atoms with Gasteiger partial charge in [-0.25, -0.2) is 4.79 Å². The van der Waals surface area contributed by atoms with E-state index in [1.54, 1.807) is 6.92 Å². The number of hydrogen-bond donors (Lipinski definition) is 1. The molecule has 0 aromatic carbocycles. The summed E-state index contributed by atoms with van der Waals surface area (Å²) in [6.45, 7) is 7.57. The third-order valence-electron chi connectivity index (χ3n) is 5.82. The summed E-state index contributed by atoms with van der Waals surface area (Å²) in [7, 11) is 0. The van der Waals surface area contributed by atoms with Crippen molar-refractivity contribution in [3.8, 4) is 0 Å². The number of hydrogen-bond acceptors (Lipinski definition) is 4. The maximum atomic E-state index is 12.4. The summed E-state index contributed by atoms with van der Waals surface area (Å²) in [6.07, 6.45) is 1.83. The molecule has 2 aliphatic carbocycles. The molecule has 0 spiro atoms. The lowest BCUT2D eigenvalue weighted by Gasteiger charge is -2.43. The van der Waals surface area contributed by atoms with E-state index in [2.05, 4.69) is 6.58 Å². The highest BCUT2D eigenvalue weighted by Crippen LogP contribution is 2.58. The smallest absolute Gasteiger partial charge is 0.334 e. The van der Waals surface area contributed by atoms with E-state index in [0.717, 1.165) is 12.8 Å². The fourth-order valence-corrected chi connectivity index (χ4v) is 4.35. The number of rotatable bonds is 0. The molecule has 1 saturated heterocycles. The number of carbonyl (C=O) groups is 2. The number of fused-ring (bicyclic) bond motifs is 3. The molecule has 1 aliphatic heterocycles. The van der Waals surface area contributed by atoms with Crippen LogP contribution in [-0.2, 0) is 14.3 Å². The van der Waals surface area contributed by atoms with Gasteiger partial charge in [-0.2, -0.15) is 0 Å². The summed E-state index contributed by atoms with van der Waals surface area (Å²) in [6, 6.07) is 0. The second kappa shape index (κ2) is 3.69. The van der Waals surface area contributed by atoms with Crippen LogP contribution in [0.3, 0.4) is 0 Å². The first kappa shape index (κ1) is 12.9. The van der Waals surface area contributed by atoms with Gasteiger partial charge in [0.2, 0.25) is 0 Å². The number of esters is 1. The molecule has 104 valence electrons. The third-order valence-corrected chi connectivity index (χ3v) is 5.82. The Morgan fingerprint density at radius 1 is 1.37 bits per heavy atom. The number of aliphatic hydroxyl groups is 1. The van der Waals surface area contributed by atoms with E-state index in [1.165, 1.54) is 0 Å². The van der Waals surface area contributed by atoms with Gasteiger partial charge in [-0.1, -0.05) is 13.5 Å². The van der Waals surface area contributed by atoms with Gasteiger partial charge in [0.05, 0.1) is 11.0 Å². The van der Waals surface area contributed by atoms with E-state index >= 15 is 0 Å². The second-order valence-corrected chi connectivity index (χ2v) is 6.49. The first-order valence-corrected chi connectivity index (χ1v) is 6.98. The zero-order valence-electron chi connectivity index (χ0n) is 11.4. The lowest BCUT2D eigenvalue weighted by Crippen LogP contribution is -2.56. The summed E-state index contributed by atoms with van der Waals surface area (Å²) in [5.74, 6) is -0.494. The van der Waals surface area contributed by atoms with Crippen molar-refractivity contribution >= 4 is 11.8 Å². The minimum atomic E-state index is -1.06. The van der Waals surface area contributed by atoms with Crippen molar-refractivity contribution < 1.29 is 19.4 Å². The predicted octanol–water partition coefficient (Wildman–Crippen LogP) is 1.61. The fourth-order valence-electron chi connectivity index (χ4n) is 4.35. The van der Waals surface area contributed by atoms with Crippen LogP contribution in [-0.4, -0.2) is 28.6 Å². The van der Waals surface area contributed by atoms with Crippen LogP contribution in [0, 0.1) is 17.3 Å². The van der Waals surface area contributed by atoms with E-state index in [-0.39, 0.29) is 17.6 Å². The highest BCUT2D eigenvalue weighted by molar-refractivity contribution is 5.94. The Labute approximate surface area is 112 Å². The Bertz CT molecular complexity index is 483. The lowest BCUT2D eigenvalue weighted by atomic mass is 9.65. The zero-order chi connectivity index (χ0) is 14.0. The number of Topliss-reactive ketones (excluding diaryl/α,β-unsaturated/α-hetero) is 1. The van der Waals surface area contributed by atoms with Crippen LogP contribution in [0.15, 0.2) is 12.2 Å². The topological polar surface area (TPSA) is 63.6 Å². The molecule has 0 amide bonds. The average Bonchev–Trinajstić information content (AvgIpc) is 2.76. The van der Waals surface area contributed by atoms with Gasteiger partial charge in [0.15, 0.2) is 0 Å². The largest absolute Gasteiger partial charge is 0.457 e. The monoisotopic (exact) mass is 264 g/mol. The normalized spacial score (nSPS) is 49.6. The molecular weight excluding hydrogens is 244 g/mol. The fraction of sp³-hybridized carbons (Fsp3) is 0.733. The first-order valence-electron chi connectivity index (χ1n) is 6.98. The van der Waals surface area contributed by atoms with Gasteiger partial charge in [0, 0.05) is 17.9 Å². The van der Waals surface area contributed by atoms with Crippen LogP contribution < -0.4 is 0 Å². The van der Waals surface area contributed by atoms with Gasteiger partial charge in [-0.05, 0) is 32.1 Å². The molecule has 19 heavy (non-hydrogen) atoms. The molecule has 5 atom stereocenters. The van der Waals surface area contributed by atoms with Gasteiger partial charge in [0.25, 0.3) is 0 Å². The quantitative estimate of drug-likeness (QED) is 0.533. The van der Waals surface area contributed by atoms with Gasteiger partial charge in [-0.15, -0.1) is 0 Å². The molecule has 0 radical (unpaired) electrons. The van der Waals surface area contributed by atoms with Gasteiger partial charge in [0.1, 0.15) is 11.9 Å². The molecule has 0 aromatic heterocycles. The Morgan fingerprint density at radius 2 is 2.05 bits per heavy atom. The van der Waals surface area contributed by atoms with Crippen LogP contribution in [0.4, 0.5) is 0 Å². The molecule has 0 bridgehead atoms. The van der Waals surface area contributed by atoms with Crippen LogP contribution >= 0.6 is 0 Å². The summed E-state index contributed by atoms with van der Waals surface area (Å²) in [5.41, 5.74) is -1.58. The minimum absolute atomic E-state index is 0.0150. The summed E-state index contributed by atoms with van der Waals surface area (Å²) >= 11 is 0. The summed E-state index contributed by atoms with van der Waals surface area (Å²) in [4.78, 5) is 24.2. The van der Waals surface area contributed by atoms with Gasteiger partial charge in [-0.3, -0.25) is 4.79 Å². The predicted molar refractivity (Wildman–Crippen MR) is 68.2 cm³/mol. The maximum absolute atomic E-state index is 12.4. The summed E-state index contributed by atoms with van der Waals surface area (Å²) < 4.78 is 5.44. The lowest BCUT2D eigenvalue weighted by molar-refractivity contribution is -0.171. The van der Waals surface area contributed by atoms with Crippen molar-refractivity contribution in [2.24, 2.45) is 17.3 Å². The van der Waals surface area contributed by atoms with E-state index in [1.807, 2.05) is 6.92 Å². The molecule has 1 N–H and O–H groups in total. The van der Waals surface area contributed by atoms with Crippen molar-refractivity contribution in [3.63, 3.8) is 0 Å². The van der Waals surface area contributed by atoms with E-state index < -0.39 is 23.1 Å². The van der Waals surface area contributed by atoms with Crippen LogP contribution in [0.25, 0.3) is 0 Å². The van der Waals surface area contributed by atoms with Crippen molar-refractivity contribution in [3.05, 3.63) is 12.2 Å². The van der Waals surface area contributed by atoms with Crippen molar-refractivity contribution in [1.29, 1.82) is 0 Å². The molecule has 0 aromatic rings. The summed E-state index contributed by atoms with van der Waals surface area (Å²) in [5, 5.41) is 11.1. The maximum Gasteiger partial charge on any atom is 0.334 e. The SMILES string of the molecule is C=C1C(=O)O[C@@H]2[C@@H]1CC[C@H](C)[C@@]1(O)CCC(=O)[C@]21C. The number of ketones is 1. The van der Waals surface area contributed by atoms with Crippen LogP contribution in [0.2, 0.25) is 0 Å². The molecule has 4 nitrogen and oxygen atoms in total. The molecule has 4 heteroatoms. The Balaban J connectivity index is 2.14. The first-order chi connectivity index (χ1) is 8.82. The van der Waals surface area contributed by atoms with Crippen LogP contribution in [0.1, 0.15) is 39.5 Å². The molecule has 3 rings (SSSR count).